The number of aryl methyl sites for hydroxylation is 1. The Labute approximate surface area is 75.2 Å². The number of hydrogen-bond acceptors (Lipinski definition) is 4. The molecule has 0 saturated carbocycles. The second-order valence-electron chi connectivity index (χ2n) is 2.51. The van der Waals surface area contributed by atoms with Crippen LogP contribution in [0, 0.1) is 17.0 Å². The fourth-order valence-corrected chi connectivity index (χ4v) is 0.779. The molecule has 0 radical (unpaired) electrons. The van der Waals surface area contributed by atoms with Crippen molar-refractivity contribution < 1.29 is 4.92 Å². The van der Waals surface area contributed by atoms with Crippen molar-refractivity contribution in [2.24, 2.45) is 5.10 Å². The fraction of sp³-hybridized carbons (Fsp3) is 0.125. The third-order valence-corrected chi connectivity index (χ3v) is 1.40. The van der Waals surface area contributed by atoms with Gasteiger partial charge >= 0.3 is 6.34 Å². The van der Waals surface area contributed by atoms with Gasteiger partial charge in [-0.05, 0) is 24.0 Å². The molecule has 0 saturated heterocycles. The Morgan fingerprint density at radius 2 is 2.08 bits per heavy atom. The quantitative estimate of drug-likeness (QED) is 0.332. The second kappa shape index (κ2) is 4.20. The van der Waals surface area contributed by atoms with Gasteiger partial charge in [-0.3, -0.25) is 0 Å². The minimum absolute atomic E-state index is 0.611. The normalized spacial score (nSPS) is 10.2. The summed E-state index contributed by atoms with van der Waals surface area (Å²) in [6, 6.07) is 7.38. The summed E-state index contributed by atoms with van der Waals surface area (Å²) in [6.07, 6.45) is 0.611. The summed E-state index contributed by atoms with van der Waals surface area (Å²) in [4.78, 5) is 9.24. The average Bonchev–Trinajstić information content (AvgIpc) is 2.08. The van der Waals surface area contributed by atoms with Crippen LogP contribution in [0.15, 0.2) is 29.4 Å². The van der Waals surface area contributed by atoms with Crippen molar-refractivity contribution in [3.8, 4) is 0 Å². The van der Waals surface area contributed by atoms with Gasteiger partial charge in [0.15, 0.2) is 0 Å². The van der Waals surface area contributed by atoms with Gasteiger partial charge in [0.25, 0.3) is 0 Å². The summed E-state index contributed by atoms with van der Waals surface area (Å²) in [5, 5.41) is 13.3. The zero-order valence-electron chi connectivity index (χ0n) is 7.10. The predicted octanol–water partition coefficient (Wildman–Crippen LogP) is 1.63. The number of nitrogens with one attached hydrogen (secondary N) is 1. The van der Waals surface area contributed by atoms with E-state index >= 15 is 0 Å². The Morgan fingerprint density at radius 3 is 2.62 bits per heavy atom. The van der Waals surface area contributed by atoms with Crippen LogP contribution in [0.2, 0.25) is 0 Å². The van der Waals surface area contributed by atoms with Crippen molar-refractivity contribution in [3.05, 3.63) is 39.9 Å². The number of benzene rings is 1. The van der Waals surface area contributed by atoms with Crippen molar-refractivity contribution >= 4 is 12.0 Å². The van der Waals surface area contributed by atoms with Crippen molar-refractivity contribution in [1.82, 2.24) is 0 Å². The first-order valence-electron chi connectivity index (χ1n) is 3.68. The molecule has 0 aliphatic heterocycles. The molecule has 5 heteroatoms. The molecule has 1 aromatic rings. The topological polar surface area (TPSA) is 67.5 Å². The monoisotopic (exact) mass is 179 g/mol. The fourth-order valence-electron chi connectivity index (χ4n) is 0.779. The van der Waals surface area contributed by atoms with Crippen molar-refractivity contribution in [1.29, 1.82) is 0 Å². The highest BCUT2D eigenvalue weighted by Crippen LogP contribution is 2.07. The lowest BCUT2D eigenvalue weighted by Gasteiger charge is -1.94. The summed E-state index contributed by atoms with van der Waals surface area (Å²) in [6.45, 7) is 1.96. The van der Waals surface area contributed by atoms with Crippen LogP contribution in [-0.2, 0) is 0 Å². The Kier molecular flexibility index (Phi) is 2.97. The van der Waals surface area contributed by atoms with Crippen LogP contribution >= 0.6 is 0 Å². The summed E-state index contributed by atoms with van der Waals surface area (Å²) in [5.74, 6) is 0. The third-order valence-electron chi connectivity index (χ3n) is 1.40. The van der Waals surface area contributed by atoms with Gasteiger partial charge < -0.3 is 10.1 Å². The lowest BCUT2D eigenvalue weighted by atomic mass is 10.2. The maximum Gasteiger partial charge on any atom is 0.352 e. The Balaban J connectivity index is 2.55. The smallest absolute Gasteiger partial charge is 0.352 e. The summed E-state index contributed by atoms with van der Waals surface area (Å²) in [7, 11) is 0. The second-order valence-corrected chi connectivity index (χ2v) is 2.51. The van der Waals surface area contributed by atoms with E-state index in [9.17, 15) is 10.1 Å². The SMILES string of the molecule is Cc1ccc(N/N=C/[N+](=O)[O-])cc1. The van der Waals surface area contributed by atoms with Gasteiger partial charge in [0, 0.05) is 5.10 Å². The molecule has 1 aromatic carbocycles. The summed E-state index contributed by atoms with van der Waals surface area (Å²) < 4.78 is 0. The Hall–Kier alpha value is -1.91. The number of nitro groups is 1. The number of nitrogens with zero attached hydrogens (tertiary/aromatic N) is 2. The first kappa shape index (κ1) is 9.18. The molecule has 0 amide bonds. The number of anilines is 1. The Morgan fingerprint density at radius 1 is 1.46 bits per heavy atom. The van der Waals surface area contributed by atoms with Crippen LogP contribution in [0.3, 0.4) is 0 Å². The van der Waals surface area contributed by atoms with E-state index in [1.165, 1.54) is 0 Å². The maximum absolute atomic E-state index is 9.86. The summed E-state index contributed by atoms with van der Waals surface area (Å²) >= 11 is 0. The van der Waals surface area contributed by atoms with E-state index in [4.69, 9.17) is 0 Å². The Bertz CT molecular complexity index is 319. The van der Waals surface area contributed by atoms with Crippen LogP contribution in [0.4, 0.5) is 5.69 Å². The zero-order chi connectivity index (χ0) is 9.68. The van der Waals surface area contributed by atoms with Crippen LogP contribution in [0.25, 0.3) is 0 Å². The molecule has 68 valence electrons. The van der Waals surface area contributed by atoms with E-state index in [1.807, 2.05) is 19.1 Å². The maximum atomic E-state index is 9.86. The first-order chi connectivity index (χ1) is 6.18. The van der Waals surface area contributed by atoms with Crippen LogP contribution < -0.4 is 5.43 Å². The number of rotatable bonds is 3. The molecule has 0 heterocycles. The van der Waals surface area contributed by atoms with E-state index in [0.29, 0.717) is 6.34 Å². The highest BCUT2D eigenvalue weighted by Gasteiger charge is 1.91. The lowest BCUT2D eigenvalue weighted by molar-refractivity contribution is -0.339. The molecule has 13 heavy (non-hydrogen) atoms. The first-order valence-corrected chi connectivity index (χ1v) is 3.68. The van der Waals surface area contributed by atoms with E-state index in [1.54, 1.807) is 12.1 Å². The minimum Gasteiger partial charge on any atom is -0.358 e. The van der Waals surface area contributed by atoms with E-state index < -0.39 is 4.92 Å². The molecule has 0 aromatic heterocycles. The van der Waals surface area contributed by atoms with Gasteiger partial charge in [0.2, 0.25) is 0 Å². The number of hydrogen-bond donors (Lipinski definition) is 1. The van der Waals surface area contributed by atoms with E-state index in [-0.39, 0.29) is 0 Å². The minimum atomic E-state index is -0.624. The van der Waals surface area contributed by atoms with Crippen molar-refractivity contribution in [2.75, 3.05) is 5.43 Å². The highest BCUT2D eigenvalue weighted by atomic mass is 16.6. The average molecular weight is 179 g/mol. The van der Waals surface area contributed by atoms with E-state index in [2.05, 4.69) is 10.5 Å². The molecular weight excluding hydrogens is 170 g/mol. The molecule has 1 N–H and O–H groups in total. The van der Waals surface area contributed by atoms with Crippen LogP contribution in [-0.4, -0.2) is 11.3 Å². The van der Waals surface area contributed by atoms with Gasteiger partial charge in [-0.1, -0.05) is 17.7 Å². The molecule has 0 bridgehead atoms. The largest absolute Gasteiger partial charge is 0.358 e. The van der Waals surface area contributed by atoms with Gasteiger partial charge in [-0.15, -0.1) is 0 Å². The molecule has 1 rings (SSSR count). The molecule has 0 fully saturated rings. The number of hydrazone groups is 1. The van der Waals surface area contributed by atoms with Crippen molar-refractivity contribution in [2.45, 2.75) is 6.92 Å². The van der Waals surface area contributed by atoms with Crippen LogP contribution in [0.5, 0.6) is 0 Å². The third kappa shape index (κ3) is 3.33. The molecule has 0 aliphatic rings. The van der Waals surface area contributed by atoms with Gasteiger partial charge in [0.1, 0.15) is 0 Å². The van der Waals surface area contributed by atoms with Gasteiger partial charge in [-0.25, -0.2) is 0 Å². The molecule has 0 unspecified atom stereocenters. The zero-order valence-corrected chi connectivity index (χ0v) is 7.10. The van der Waals surface area contributed by atoms with Crippen molar-refractivity contribution in [3.63, 3.8) is 0 Å². The molecule has 0 atom stereocenters. The summed E-state index contributed by atoms with van der Waals surface area (Å²) in [5.41, 5.74) is 4.39. The van der Waals surface area contributed by atoms with E-state index in [0.717, 1.165) is 11.3 Å². The lowest BCUT2D eigenvalue weighted by Crippen LogP contribution is -1.96. The molecule has 5 nitrogen and oxygen atoms in total. The van der Waals surface area contributed by atoms with Crippen LogP contribution in [0.1, 0.15) is 5.56 Å². The van der Waals surface area contributed by atoms with Gasteiger partial charge in [-0.2, -0.15) is 5.43 Å². The standard InChI is InChI=1S/C8H9N3O2/c1-7-2-4-8(5-3-7)10-9-6-11(12)13/h2-6,10H,1H3/b9-6+. The molecule has 0 aliphatic carbocycles. The molecule has 0 spiro atoms. The molecular formula is C8H9N3O2. The highest BCUT2D eigenvalue weighted by molar-refractivity contribution is 5.50. The van der Waals surface area contributed by atoms with Gasteiger partial charge in [0.05, 0.1) is 5.69 Å². The predicted molar refractivity (Wildman–Crippen MR) is 50.3 cm³/mol.